The Morgan fingerprint density at radius 1 is 1.20 bits per heavy atom. The Kier molecular flexibility index (Phi) is 6.14. The molecule has 2 N–H and O–H groups in total. The zero-order valence-electron chi connectivity index (χ0n) is 5.38. The van der Waals surface area contributed by atoms with Crippen LogP contribution in [0, 0.1) is 0 Å². The van der Waals surface area contributed by atoms with E-state index in [0.717, 1.165) is 0 Å². The van der Waals surface area contributed by atoms with E-state index in [1.54, 1.807) is 0 Å². The van der Waals surface area contributed by atoms with Crippen molar-refractivity contribution in [2.75, 3.05) is 12.4 Å². The minimum atomic E-state index is -0.700. The van der Waals surface area contributed by atoms with Gasteiger partial charge < -0.3 is 10.2 Å². The molecule has 0 fully saturated rings. The Balaban J connectivity index is 3.69. The van der Waals surface area contributed by atoms with Gasteiger partial charge in [-0.25, -0.2) is 0 Å². The lowest BCUT2D eigenvalue weighted by atomic mass is 10.2. The number of aliphatic hydroxyl groups is 2. The lowest BCUT2D eigenvalue weighted by Gasteiger charge is -2.20. The standard InChI is InChI=1S/C5H12O2S3/c6-1-3(9)5(7)4(10)2-8/h3-10H,1-2H2. The molecule has 0 bridgehead atoms. The van der Waals surface area contributed by atoms with E-state index < -0.39 is 11.4 Å². The average molecular weight is 200 g/mol. The second-order valence-corrected chi connectivity index (χ2v) is 3.68. The Morgan fingerprint density at radius 2 is 1.70 bits per heavy atom. The minimum absolute atomic E-state index is 0.144. The molecule has 0 rings (SSSR count). The Hall–Kier alpha value is 0.970. The lowest BCUT2D eigenvalue weighted by Crippen LogP contribution is -2.34. The molecule has 0 heterocycles. The highest BCUT2D eigenvalue weighted by atomic mass is 32.1. The van der Waals surface area contributed by atoms with Gasteiger partial charge in [0.05, 0.1) is 18.0 Å². The first-order valence-corrected chi connectivity index (χ1v) is 4.56. The molecule has 0 amide bonds. The molecule has 0 aromatic carbocycles. The molecule has 0 saturated heterocycles. The third kappa shape index (κ3) is 3.39. The zero-order chi connectivity index (χ0) is 8.15. The van der Waals surface area contributed by atoms with Crippen LogP contribution in [-0.4, -0.2) is 39.2 Å². The fourth-order valence-electron chi connectivity index (χ4n) is 0.472. The molecule has 0 saturated carbocycles. The van der Waals surface area contributed by atoms with E-state index in [0.29, 0.717) is 5.75 Å². The fraction of sp³-hybridized carbons (Fsp3) is 1.00. The maximum Gasteiger partial charge on any atom is 0.0802 e. The normalized spacial score (nSPS) is 20.1. The predicted molar refractivity (Wildman–Crippen MR) is 52.5 cm³/mol. The molecule has 0 aliphatic rings. The van der Waals surface area contributed by atoms with Crippen molar-refractivity contribution in [3.8, 4) is 0 Å². The van der Waals surface area contributed by atoms with Crippen LogP contribution in [0.25, 0.3) is 0 Å². The van der Waals surface area contributed by atoms with Crippen LogP contribution >= 0.6 is 37.9 Å². The summed E-state index contributed by atoms with van der Waals surface area (Å²) in [6.07, 6.45) is -0.700. The van der Waals surface area contributed by atoms with Crippen molar-refractivity contribution in [3.05, 3.63) is 0 Å². The average Bonchev–Trinajstić information content (AvgIpc) is 2.00. The first kappa shape index (κ1) is 11.0. The molecule has 0 spiro atoms. The van der Waals surface area contributed by atoms with E-state index in [-0.39, 0.29) is 11.9 Å². The van der Waals surface area contributed by atoms with Gasteiger partial charge in [0.2, 0.25) is 0 Å². The minimum Gasteiger partial charge on any atom is -0.395 e. The lowest BCUT2D eigenvalue weighted by molar-refractivity contribution is 0.143. The van der Waals surface area contributed by atoms with Crippen LogP contribution in [0.5, 0.6) is 0 Å². The van der Waals surface area contributed by atoms with Gasteiger partial charge in [-0.05, 0) is 0 Å². The van der Waals surface area contributed by atoms with E-state index in [1.807, 2.05) is 0 Å². The van der Waals surface area contributed by atoms with Crippen molar-refractivity contribution >= 4 is 37.9 Å². The number of aliphatic hydroxyl groups excluding tert-OH is 2. The molecule has 0 aromatic heterocycles. The third-order valence-electron chi connectivity index (χ3n) is 1.16. The zero-order valence-corrected chi connectivity index (χ0v) is 8.07. The van der Waals surface area contributed by atoms with Gasteiger partial charge in [0, 0.05) is 11.0 Å². The first-order valence-electron chi connectivity index (χ1n) is 2.89. The largest absolute Gasteiger partial charge is 0.395 e. The summed E-state index contributed by atoms with van der Waals surface area (Å²) < 4.78 is 0. The summed E-state index contributed by atoms with van der Waals surface area (Å²) in [5, 5.41) is 17.1. The topological polar surface area (TPSA) is 40.5 Å². The van der Waals surface area contributed by atoms with Crippen molar-refractivity contribution in [2.45, 2.75) is 16.6 Å². The van der Waals surface area contributed by atoms with Gasteiger partial charge in [-0.15, -0.1) is 0 Å². The Morgan fingerprint density at radius 3 is 2.00 bits per heavy atom. The van der Waals surface area contributed by atoms with Crippen molar-refractivity contribution in [2.24, 2.45) is 0 Å². The van der Waals surface area contributed by atoms with Gasteiger partial charge in [-0.3, -0.25) is 0 Å². The van der Waals surface area contributed by atoms with Crippen LogP contribution in [0.1, 0.15) is 0 Å². The Bertz CT molecular complexity index is 81.0. The highest BCUT2D eigenvalue weighted by Crippen LogP contribution is 2.11. The summed E-state index contributed by atoms with van der Waals surface area (Å²) in [5.41, 5.74) is 0. The van der Waals surface area contributed by atoms with Crippen molar-refractivity contribution in [1.29, 1.82) is 0 Å². The van der Waals surface area contributed by atoms with Crippen LogP contribution in [-0.2, 0) is 0 Å². The summed E-state index contributed by atoms with van der Waals surface area (Å²) in [4.78, 5) is 0. The molecule has 62 valence electrons. The van der Waals surface area contributed by atoms with Crippen molar-refractivity contribution < 1.29 is 10.2 Å². The summed E-state index contributed by atoms with van der Waals surface area (Å²) in [6.45, 7) is -0.144. The molecule has 0 aliphatic carbocycles. The second-order valence-electron chi connectivity index (χ2n) is 1.99. The quantitative estimate of drug-likeness (QED) is 0.410. The first-order chi connectivity index (χ1) is 4.63. The predicted octanol–water partition coefficient (Wildman–Crippen LogP) is -0.134. The van der Waals surface area contributed by atoms with E-state index in [1.165, 1.54) is 0 Å². The molecule has 0 aromatic rings. The van der Waals surface area contributed by atoms with Crippen LogP contribution in [0.15, 0.2) is 0 Å². The molecule has 3 unspecified atom stereocenters. The van der Waals surface area contributed by atoms with E-state index in [4.69, 9.17) is 5.11 Å². The molecule has 3 atom stereocenters. The fourth-order valence-corrected chi connectivity index (χ4v) is 1.24. The summed E-state index contributed by atoms with van der Waals surface area (Å²) in [7, 11) is 0. The smallest absolute Gasteiger partial charge is 0.0802 e. The maximum absolute atomic E-state index is 9.22. The molecular formula is C5H12O2S3. The van der Waals surface area contributed by atoms with Crippen molar-refractivity contribution in [1.82, 2.24) is 0 Å². The molecular weight excluding hydrogens is 188 g/mol. The summed E-state index contributed by atoms with van der Waals surface area (Å²) >= 11 is 11.9. The summed E-state index contributed by atoms with van der Waals surface area (Å²) in [5.74, 6) is 0.474. The van der Waals surface area contributed by atoms with Crippen LogP contribution < -0.4 is 0 Å². The highest BCUT2D eigenvalue weighted by Gasteiger charge is 2.20. The molecule has 5 heteroatoms. The monoisotopic (exact) mass is 200 g/mol. The number of thiol groups is 3. The van der Waals surface area contributed by atoms with E-state index in [9.17, 15) is 5.11 Å². The van der Waals surface area contributed by atoms with Gasteiger partial charge in [0.25, 0.3) is 0 Å². The molecule has 0 aliphatic heterocycles. The van der Waals surface area contributed by atoms with Gasteiger partial charge in [0.15, 0.2) is 0 Å². The molecule has 10 heavy (non-hydrogen) atoms. The van der Waals surface area contributed by atoms with Gasteiger partial charge in [-0.2, -0.15) is 37.9 Å². The van der Waals surface area contributed by atoms with Crippen molar-refractivity contribution in [3.63, 3.8) is 0 Å². The third-order valence-corrected chi connectivity index (χ3v) is 2.80. The second kappa shape index (κ2) is 5.60. The number of rotatable bonds is 4. The SMILES string of the molecule is OCC(S)C(O)C(S)CS. The van der Waals surface area contributed by atoms with Crippen LogP contribution in [0.4, 0.5) is 0 Å². The van der Waals surface area contributed by atoms with E-state index >= 15 is 0 Å². The Labute approximate surface area is 77.3 Å². The van der Waals surface area contributed by atoms with Crippen LogP contribution in [0.3, 0.4) is 0 Å². The molecule has 0 radical (unpaired) electrons. The van der Waals surface area contributed by atoms with E-state index in [2.05, 4.69) is 37.9 Å². The van der Waals surface area contributed by atoms with Crippen LogP contribution in [0.2, 0.25) is 0 Å². The van der Waals surface area contributed by atoms with Gasteiger partial charge in [-0.1, -0.05) is 0 Å². The number of hydrogen-bond acceptors (Lipinski definition) is 5. The van der Waals surface area contributed by atoms with Gasteiger partial charge >= 0.3 is 0 Å². The maximum atomic E-state index is 9.22. The summed E-state index contributed by atoms with van der Waals surface area (Å²) in [6, 6.07) is 0. The molecule has 2 nitrogen and oxygen atoms in total. The van der Waals surface area contributed by atoms with Gasteiger partial charge in [0.1, 0.15) is 0 Å². The number of hydrogen-bond donors (Lipinski definition) is 5. The highest BCUT2D eigenvalue weighted by molar-refractivity contribution is 7.85.